The first-order chi connectivity index (χ1) is 18.5. The lowest BCUT2D eigenvalue weighted by Crippen LogP contribution is -2.49. The first kappa shape index (κ1) is 26.5. The van der Waals surface area contributed by atoms with E-state index >= 15 is 0 Å². The van der Waals surface area contributed by atoms with Gasteiger partial charge in [-0.25, -0.2) is 0 Å². The molecule has 2 aliphatic heterocycles. The summed E-state index contributed by atoms with van der Waals surface area (Å²) in [6.45, 7) is 10.7. The molecule has 2 heterocycles. The molecule has 0 aliphatic carbocycles. The Labute approximate surface area is 226 Å². The van der Waals surface area contributed by atoms with Crippen molar-refractivity contribution in [2.24, 2.45) is 0 Å². The van der Waals surface area contributed by atoms with Gasteiger partial charge in [0.15, 0.2) is 11.5 Å². The second-order valence-corrected chi connectivity index (χ2v) is 10.6. The van der Waals surface area contributed by atoms with Crippen molar-refractivity contribution in [3.05, 3.63) is 89.5 Å². The van der Waals surface area contributed by atoms with Gasteiger partial charge in [0.25, 0.3) is 0 Å². The molecule has 3 aromatic carbocycles. The summed E-state index contributed by atoms with van der Waals surface area (Å²) in [5.74, 6) is 2.47. The minimum atomic E-state index is -1.02. The third kappa shape index (κ3) is 6.32. The van der Waals surface area contributed by atoms with E-state index in [1.54, 1.807) is 0 Å². The van der Waals surface area contributed by atoms with Crippen LogP contribution in [0.3, 0.4) is 0 Å². The molecule has 0 bridgehead atoms. The zero-order valence-electron chi connectivity index (χ0n) is 22.6. The van der Waals surface area contributed by atoms with E-state index in [-0.39, 0.29) is 5.92 Å². The molecule has 3 aromatic rings. The lowest BCUT2D eigenvalue weighted by molar-refractivity contribution is 0.00578. The standard InChI is InChI=1S/C32H40N2O4/c1-3-4-20-36-28-13-11-27(12-14-28)32(2,35)29(26-8-6-5-7-9-26)23-34-18-16-33(17-19-34)22-25-10-15-30-31(21-25)38-24-37-30/h5-15,21,29,35H,3-4,16-20,22-24H2,1-2H3. The van der Waals surface area contributed by atoms with Crippen molar-refractivity contribution < 1.29 is 19.3 Å². The van der Waals surface area contributed by atoms with E-state index < -0.39 is 5.60 Å². The van der Waals surface area contributed by atoms with E-state index in [1.165, 1.54) is 5.56 Å². The van der Waals surface area contributed by atoms with Crippen LogP contribution in [0, 0.1) is 0 Å². The molecule has 1 fully saturated rings. The van der Waals surface area contributed by atoms with Gasteiger partial charge in [0.05, 0.1) is 12.2 Å². The Morgan fingerprint density at radius 3 is 2.34 bits per heavy atom. The van der Waals surface area contributed by atoms with Crippen LogP contribution in [0.15, 0.2) is 72.8 Å². The van der Waals surface area contributed by atoms with Crippen LogP contribution in [0.25, 0.3) is 0 Å². The molecule has 0 aromatic heterocycles. The van der Waals surface area contributed by atoms with E-state index in [0.29, 0.717) is 6.79 Å². The van der Waals surface area contributed by atoms with Gasteiger partial charge in [-0.15, -0.1) is 0 Å². The number of aliphatic hydroxyl groups is 1. The molecular formula is C32H40N2O4. The third-order valence-corrected chi connectivity index (χ3v) is 7.83. The minimum Gasteiger partial charge on any atom is -0.494 e. The molecule has 1 saturated heterocycles. The summed E-state index contributed by atoms with van der Waals surface area (Å²) in [5.41, 5.74) is 2.29. The van der Waals surface area contributed by atoms with E-state index in [2.05, 4.69) is 53.1 Å². The highest BCUT2D eigenvalue weighted by molar-refractivity contribution is 5.44. The monoisotopic (exact) mass is 516 g/mol. The second-order valence-electron chi connectivity index (χ2n) is 10.6. The Hall–Kier alpha value is -3.06. The number of fused-ring (bicyclic) bond motifs is 1. The van der Waals surface area contributed by atoms with Gasteiger partial charge in [0, 0.05) is 45.2 Å². The quantitative estimate of drug-likeness (QED) is 0.344. The van der Waals surface area contributed by atoms with E-state index in [4.69, 9.17) is 14.2 Å². The van der Waals surface area contributed by atoms with Gasteiger partial charge in [-0.2, -0.15) is 0 Å². The highest BCUT2D eigenvalue weighted by Gasteiger charge is 2.36. The lowest BCUT2D eigenvalue weighted by atomic mass is 9.78. The van der Waals surface area contributed by atoms with Gasteiger partial charge in [0.1, 0.15) is 5.75 Å². The van der Waals surface area contributed by atoms with Gasteiger partial charge in [0.2, 0.25) is 6.79 Å². The Kier molecular flexibility index (Phi) is 8.52. The summed E-state index contributed by atoms with van der Waals surface area (Å²) in [6, 6.07) is 24.7. The van der Waals surface area contributed by atoms with Gasteiger partial charge < -0.3 is 24.2 Å². The van der Waals surface area contributed by atoms with Gasteiger partial charge in [-0.05, 0) is 54.3 Å². The Balaban J connectivity index is 1.24. The molecule has 2 unspecified atom stereocenters. The highest BCUT2D eigenvalue weighted by atomic mass is 16.7. The predicted octanol–water partition coefficient (Wildman–Crippen LogP) is 5.40. The predicted molar refractivity (Wildman–Crippen MR) is 150 cm³/mol. The second kappa shape index (κ2) is 12.2. The van der Waals surface area contributed by atoms with Crippen LogP contribution in [-0.2, 0) is 12.1 Å². The smallest absolute Gasteiger partial charge is 0.231 e. The van der Waals surface area contributed by atoms with Crippen LogP contribution in [-0.4, -0.2) is 61.0 Å². The number of benzene rings is 3. The lowest BCUT2D eigenvalue weighted by Gasteiger charge is -2.41. The van der Waals surface area contributed by atoms with Crippen LogP contribution in [0.2, 0.25) is 0 Å². The molecule has 1 N–H and O–H groups in total. The molecule has 38 heavy (non-hydrogen) atoms. The molecule has 0 saturated carbocycles. The zero-order chi connectivity index (χ0) is 26.4. The highest BCUT2D eigenvalue weighted by Crippen LogP contribution is 2.38. The van der Waals surface area contributed by atoms with Gasteiger partial charge in [-0.1, -0.05) is 61.9 Å². The van der Waals surface area contributed by atoms with Crippen LogP contribution in [0.4, 0.5) is 0 Å². The van der Waals surface area contributed by atoms with E-state index in [9.17, 15) is 5.11 Å². The summed E-state index contributed by atoms with van der Waals surface area (Å²) in [7, 11) is 0. The maximum atomic E-state index is 12.0. The van der Waals surface area contributed by atoms with Crippen molar-refractivity contribution in [2.75, 3.05) is 46.1 Å². The molecule has 0 radical (unpaired) electrons. The van der Waals surface area contributed by atoms with Gasteiger partial charge >= 0.3 is 0 Å². The Bertz CT molecular complexity index is 1160. The van der Waals surface area contributed by atoms with Crippen LogP contribution < -0.4 is 14.2 Å². The number of unbranched alkanes of at least 4 members (excludes halogenated alkanes) is 1. The Morgan fingerprint density at radius 2 is 1.61 bits per heavy atom. The SMILES string of the molecule is CCCCOc1ccc(C(C)(O)C(CN2CCN(Cc3ccc4c(c3)OCO4)CC2)c2ccccc2)cc1. The summed E-state index contributed by atoms with van der Waals surface area (Å²) in [6.07, 6.45) is 2.15. The van der Waals surface area contributed by atoms with Crippen molar-refractivity contribution in [1.82, 2.24) is 9.80 Å². The number of piperazine rings is 1. The molecule has 2 aliphatic rings. The molecule has 0 amide bonds. The van der Waals surface area contributed by atoms with Gasteiger partial charge in [-0.3, -0.25) is 4.90 Å². The fourth-order valence-electron chi connectivity index (χ4n) is 5.40. The van der Waals surface area contributed by atoms with Crippen LogP contribution in [0.1, 0.15) is 49.3 Å². The first-order valence-electron chi connectivity index (χ1n) is 13.9. The van der Waals surface area contributed by atoms with Crippen LogP contribution >= 0.6 is 0 Å². The molecular weight excluding hydrogens is 476 g/mol. The zero-order valence-corrected chi connectivity index (χ0v) is 22.6. The number of rotatable bonds is 11. The fourth-order valence-corrected chi connectivity index (χ4v) is 5.40. The molecule has 6 nitrogen and oxygen atoms in total. The van der Waals surface area contributed by atoms with Crippen molar-refractivity contribution in [2.45, 2.75) is 44.8 Å². The summed E-state index contributed by atoms with van der Waals surface area (Å²) in [4.78, 5) is 4.98. The molecule has 0 spiro atoms. The number of hydrogen-bond donors (Lipinski definition) is 1. The molecule has 2 atom stereocenters. The summed E-state index contributed by atoms with van der Waals surface area (Å²) in [5, 5.41) is 12.0. The molecule has 6 heteroatoms. The summed E-state index contributed by atoms with van der Waals surface area (Å²) >= 11 is 0. The number of ether oxygens (including phenoxy) is 3. The maximum absolute atomic E-state index is 12.0. The van der Waals surface area contributed by atoms with Crippen molar-refractivity contribution in [1.29, 1.82) is 0 Å². The number of hydrogen-bond acceptors (Lipinski definition) is 6. The minimum absolute atomic E-state index is 0.0593. The maximum Gasteiger partial charge on any atom is 0.231 e. The first-order valence-corrected chi connectivity index (χ1v) is 13.9. The fraction of sp³-hybridized carbons (Fsp3) is 0.438. The Morgan fingerprint density at radius 1 is 0.895 bits per heavy atom. The molecule has 5 rings (SSSR count). The molecule has 202 valence electrons. The van der Waals surface area contributed by atoms with Crippen LogP contribution in [0.5, 0.6) is 17.2 Å². The third-order valence-electron chi connectivity index (χ3n) is 7.83. The van der Waals surface area contributed by atoms with Crippen molar-refractivity contribution in [3.63, 3.8) is 0 Å². The topological polar surface area (TPSA) is 54.4 Å². The number of nitrogens with zero attached hydrogens (tertiary/aromatic N) is 2. The average molecular weight is 517 g/mol. The van der Waals surface area contributed by atoms with E-state index in [1.807, 2.05) is 43.3 Å². The largest absolute Gasteiger partial charge is 0.494 e. The normalized spacial score (nSPS) is 18.2. The van der Waals surface area contributed by atoms with Crippen molar-refractivity contribution in [3.8, 4) is 17.2 Å². The van der Waals surface area contributed by atoms with E-state index in [0.717, 1.165) is 87.1 Å². The van der Waals surface area contributed by atoms with Crippen molar-refractivity contribution >= 4 is 0 Å². The summed E-state index contributed by atoms with van der Waals surface area (Å²) < 4.78 is 16.8. The average Bonchev–Trinajstić information content (AvgIpc) is 3.41.